The third kappa shape index (κ3) is 10.1. The molecule has 0 heterocycles. The van der Waals surface area contributed by atoms with Gasteiger partial charge in [-0.3, -0.25) is 0 Å². The second-order valence-electron chi connectivity index (χ2n) is 1.62. The van der Waals surface area contributed by atoms with E-state index in [9.17, 15) is 9.59 Å². The average molecular weight is 164 g/mol. The molecule has 5 heteroatoms. The summed E-state index contributed by atoms with van der Waals surface area (Å²) in [4.78, 5) is 20.8. The van der Waals surface area contributed by atoms with E-state index in [2.05, 4.69) is 0 Å². The van der Waals surface area contributed by atoms with Crippen molar-refractivity contribution in [3.05, 3.63) is 0 Å². The van der Waals surface area contributed by atoms with E-state index in [0.29, 0.717) is 12.1 Å². The molecule has 0 amide bonds. The van der Waals surface area contributed by atoms with E-state index < -0.39 is 8.56 Å². The molecule has 0 aromatic rings. The van der Waals surface area contributed by atoms with Crippen LogP contribution in [0, 0.1) is 0 Å². The van der Waals surface area contributed by atoms with Crippen molar-refractivity contribution in [3.8, 4) is 0 Å². The molecular formula is C4H10Na2O2Si. The molecule has 0 unspecified atom stereocenters. The SMILES string of the molecule is CC[Si]([O-])([O-])CC.[Na+].[Na+]. The number of rotatable bonds is 2. The summed E-state index contributed by atoms with van der Waals surface area (Å²) in [7, 11) is -3.15. The molecule has 0 aliphatic carbocycles. The van der Waals surface area contributed by atoms with Crippen LogP contribution in [0.4, 0.5) is 0 Å². The molecule has 0 fully saturated rings. The summed E-state index contributed by atoms with van der Waals surface area (Å²) < 4.78 is 0. The van der Waals surface area contributed by atoms with Gasteiger partial charge in [-0.05, 0) is 0 Å². The van der Waals surface area contributed by atoms with Gasteiger partial charge < -0.3 is 9.59 Å². The number of hydrogen-bond donors (Lipinski definition) is 0. The van der Waals surface area contributed by atoms with Crippen LogP contribution in [-0.2, 0) is 0 Å². The summed E-state index contributed by atoms with van der Waals surface area (Å²) in [5, 5.41) is 0. The van der Waals surface area contributed by atoms with Gasteiger partial charge >= 0.3 is 59.1 Å². The van der Waals surface area contributed by atoms with E-state index in [1.807, 2.05) is 0 Å². The van der Waals surface area contributed by atoms with Crippen molar-refractivity contribution in [2.75, 3.05) is 0 Å². The Hall–Kier alpha value is 2.14. The Bertz CT molecular complexity index is 54.5. The molecule has 0 spiro atoms. The molecule has 2 nitrogen and oxygen atoms in total. The average Bonchev–Trinajstić information content (AvgIpc) is 1.68. The molecule has 0 N–H and O–H groups in total. The van der Waals surface area contributed by atoms with Crippen molar-refractivity contribution >= 4 is 8.56 Å². The normalized spacial score (nSPS) is 9.33. The first-order chi connectivity index (χ1) is 3.12. The summed E-state index contributed by atoms with van der Waals surface area (Å²) in [6, 6.07) is 0.646. The minimum absolute atomic E-state index is 0. The Morgan fingerprint density at radius 1 is 1.00 bits per heavy atom. The zero-order valence-electron chi connectivity index (χ0n) is 6.73. The molecule has 0 radical (unpaired) electrons. The first kappa shape index (κ1) is 17.3. The van der Waals surface area contributed by atoms with Gasteiger partial charge in [0.05, 0.1) is 0 Å². The zero-order valence-corrected chi connectivity index (χ0v) is 11.7. The Morgan fingerprint density at radius 3 is 1.22 bits per heavy atom. The third-order valence-electron chi connectivity index (χ3n) is 1.08. The van der Waals surface area contributed by atoms with Gasteiger partial charge in [0.2, 0.25) is 0 Å². The second kappa shape index (κ2) is 8.24. The van der Waals surface area contributed by atoms with Crippen molar-refractivity contribution < 1.29 is 68.7 Å². The van der Waals surface area contributed by atoms with Gasteiger partial charge in [-0.15, -0.1) is 0 Å². The van der Waals surface area contributed by atoms with Gasteiger partial charge in [-0.1, -0.05) is 25.9 Å². The van der Waals surface area contributed by atoms with Crippen LogP contribution in [0.15, 0.2) is 0 Å². The fraction of sp³-hybridized carbons (Fsp3) is 1.00. The molecule has 44 valence electrons. The Kier molecular flexibility index (Phi) is 15.8. The second-order valence-corrected chi connectivity index (χ2v) is 4.85. The molecule has 0 saturated heterocycles. The van der Waals surface area contributed by atoms with E-state index in [-0.39, 0.29) is 59.1 Å². The van der Waals surface area contributed by atoms with Gasteiger partial charge in [0.25, 0.3) is 0 Å². The summed E-state index contributed by atoms with van der Waals surface area (Å²) >= 11 is 0. The summed E-state index contributed by atoms with van der Waals surface area (Å²) in [6.45, 7) is 3.35. The van der Waals surface area contributed by atoms with Crippen LogP contribution in [0.5, 0.6) is 0 Å². The predicted molar refractivity (Wildman–Crippen MR) is 26.7 cm³/mol. The summed E-state index contributed by atoms with van der Waals surface area (Å²) in [6.07, 6.45) is 0. The molecule has 0 aromatic carbocycles. The minimum atomic E-state index is -3.15. The van der Waals surface area contributed by atoms with E-state index >= 15 is 0 Å². The van der Waals surface area contributed by atoms with Crippen molar-refractivity contribution in [2.45, 2.75) is 25.9 Å². The summed E-state index contributed by atoms with van der Waals surface area (Å²) in [5.41, 5.74) is 0. The molecule has 0 aliphatic rings. The topological polar surface area (TPSA) is 46.1 Å². The standard InChI is InChI=1S/C4H10O2Si.2Na/c1-3-7(5,6)4-2;;/h3-4H2,1-2H3;;/q-2;2*+1. The van der Waals surface area contributed by atoms with Crippen LogP contribution in [0.2, 0.25) is 12.1 Å². The van der Waals surface area contributed by atoms with Crippen molar-refractivity contribution in [3.63, 3.8) is 0 Å². The number of hydrogen-bond acceptors (Lipinski definition) is 2. The molecule has 0 rings (SSSR count). The monoisotopic (exact) mass is 164 g/mol. The van der Waals surface area contributed by atoms with Crippen molar-refractivity contribution in [1.82, 2.24) is 0 Å². The maximum atomic E-state index is 10.4. The van der Waals surface area contributed by atoms with E-state index in [0.717, 1.165) is 0 Å². The molecule has 0 bridgehead atoms. The Balaban J connectivity index is -0.000000180. The van der Waals surface area contributed by atoms with Gasteiger partial charge in [0.15, 0.2) is 0 Å². The first-order valence-corrected chi connectivity index (χ1v) is 4.76. The van der Waals surface area contributed by atoms with E-state index in [1.165, 1.54) is 0 Å². The van der Waals surface area contributed by atoms with Gasteiger partial charge in [0, 0.05) is 0 Å². The largest absolute Gasteiger partial charge is 1.00 e. The molecule has 9 heavy (non-hydrogen) atoms. The predicted octanol–water partition coefficient (Wildman–Crippen LogP) is -6.80. The van der Waals surface area contributed by atoms with Crippen molar-refractivity contribution in [2.24, 2.45) is 0 Å². The van der Waals surface area contributed by atoms with E-state index in [1.54, 1.807) is 13.8 Å². The molecule has 0 atom stereocenters. The first-order valence-electron chi connectivity index (χ1n) is 2.53. The van der Waals surface area contributed by atoms with Crippen molar-refractivity contribution in [1.29, 1.82) is 0 Å². The Morgan fingerprint density at radius 2 is 1.22 bits per heavy atom. The van der Waals surface area contributed by atoms with Crippen LogP contribution in [0.1, 0.15) is 13.8 Å². The fourth-order valence-electron chi connectivity index (χ4n) is 0.250. The Labute approximate surface area is 102 Å². The quantitative estimate of drug-likeness (QED) is 0.381. The van der Waals surface area contributed by atoms with Gasteiger partial charge in [0.1, 0.15) is 0 Å². The molecule has 0 aliphatic heterocycles. The minimum Gasteiger partial charge on any atom is -0.870 e. The molecule has 0 saturated carbocycles. The zero-order chi connectivity index (χ0) is 5.91. The summed E-state index contributed by atoms with van der Waals surface area (Å²) in [5.74, 6) is 0. The van der Waals surface area contributed by atoms with Crippen LogP contribution >= 0.6 is 0 Å². The molecular weight excluding hydrogens is 154 g/mol. The van der Waals surface area contributed by atoms with E-state index in [4.69, 9.17) is 0 Å². The van der Waals surface area contributed by atoms with Crippen LogP contribution in [0.3, 0.4) is 0 Å². The van der Waals surface area contributed by atoms with Crippen LogP contribution < -0.4 is 68.7 Å². The van der Waals surface area contributed by atoms with Crippen LogP contribution in [0.25, 0.3) is 0 Å². The molecule has 0 aromatic heterocycles. The van der Waals surface area contributed by atoms with Crippen LogP contribution in [-0.4, -0.2) is 8.56 Å². The van der Waals surface area contributed by atoms with Gasteiger partial charge in [-0.25, -0.2) is 0 Å². The third-order valence-corrected chi connectivity index (χ3v) is 3.23. The smallest absolute Gasteiger partial charge is 0.870 e. The maximum Gasteiger partial charge on any atom is 1.00 e. The van der Waals surface area contributed by atoms with Gasteiger partial charge in [-0.2, -0.15) is 8.56 Å². The fourth-order valence-corrected chi connectivity index (χ4v) is 0.750. The maximum absolute atomic E-state index is 10.4.